The molecule has 3 heteroatoms. The van der Waals surface area contributed by atoms with Crippen LogP contribution in [0.15, 0.2) is 12.5 Å². The van der Waals surface area contributed by atoms with E-state index in [4.69, 9.17) is 0 Å². The number of rotatable bonds is 5. The van der Waals surface area contributed by atoms with Crippen LogP contribution in [0.3, 0.4) is 0 Å². The summed E-state index contributed by atoms with van der Waals surface area (Å²) in [6.07, 6.45) is 9.41. The second-order valence-electron chi connectivity index (χ2n) is 4.57. The van der Waals surface area contributed by atoms with Gasteiger partial charge in [0.2, 0.25) is 0 Å². The molecule has 15 heavy (non-hydrogen) atoms. The fourth-order valence-corrected chi connectivity index (χ4v) is 2.32. The van der Waals surface area contributed by atoms with Crippen molar-refractivity contribution >= 4 is 0 Å². The minimum atomic E-state index is 0.493. The summed E-state index contributed by atoms with van der Waals surface area (Å²) in [5.41, 5.74) is 1.32. The summed E-state index contributed by atoms with van der Waals surface area (Å²) >= 11 is 0. The van der Waals surface area contributed by atoms with Crippen molar-refractivity contribution < 1.29 is 0 Å². The summed E-state index contributed by atoms with van der Waals surface area (Å²) in [7, 11) is 2.08. The smallest absolute Gasteiger partial charge is 0.0946 e. The molecule has 1 unspecified atom stereocenters. The van der Waals surface area contributed by atoms with E-state index in [1.807, 2.05) is 12.5 Å². The average molecular weight is 207 g/mol. The maximum Gasteiger partial charge on any atom is 0.0946 e. The van der Waals surface area contributed by atoms with Gasteiger partial charge < -0.3 is 9.88 Å². The van der Waals surface area contributed by atoms with Crippen molar-refractivity contribution in [3.05, 3.63) is 18.2 Å². The van der Waals surface area contributed by atoms with Gasteiger partial charge in [-0.15, -0.1) is 0 Å². The number of nitrogens with zero attached hydrogens (tertiary/aromatic N) is 2. The van der Waals surface area contributed by atoms with E-state index in [2.05, 4.69) is 28.8 Å². The lowest BCUT2D eigenvalue weighted by molar-refractivity contribution is 0.259. The molecule has 0 spiro atoms. The van der Waals surface area contributed by atoms with E-state index in [0.29, 0.717) is 6.04 Å². The van der Waals surface area contributed by atoms with Gasteiger partial charge in [0.25, 0.3) is 0 Å². The van der Waals surface area contributed by atoms with Crippen molar-refractivity contribution in [3.8, 4) is 0 Å². The summed E-state index contributed by atoms with van der Waals surface area (Å²) in [6, 6.07) is 0.493. The van der Waals surface area contributed by atoms with Gasteiger partial charge in [-0.3, -0.25) is 0 Å². The van der Waals surface area contributed by atoms with E-state index >= 15 is 0 Å². The molecule has 1 aromatic heterocycles. The Morgan fingerprint density at radius 2 is 2.40 bits per heavy atom. The fraction of sp³-hybridized carbons (Fsp3) is 0.750. The van der Waals surface area contributed by atoms with Gasteiger partial charge in [-0.05, 0) is 18.9 Å². The first-order valence-electron chi connectivity index (χ1n) is 6.01. The summed E-state index contributed by atoms with van der Waals surface area (Å²) in [6.45, 7) is 3.20. The lowest BCUT2D eigenvalue weighted by atomic mass is 9.80. The SMILES string of the molecule is CCNC(CC1CCC1)c1cncn1C. The Hall–Kier alpha value is -0.830. The van der Waals surface area contributed by atoms with Crippen LogP contribution in [0, 0.1) is 5.92 Å². The topological polar surface area (TPSA) is 29.9 Å². The molecule has 84 valence electrons. The molecule has 1 N–H and O–H groups in total. The van der Waals surface area contributed by atoms with Crippen molar-refractivity contribution in [3.63, 3.8) is 0 Å². The Labute approximate surface area is 91.9 Å². The Morgan fingerprint density at radius 3 is 2.87 bits per heavy atom. The van der Waals surface area contributed by atoms with E-state index in [-0.39, 0.29) is 0 Å². The van der Waals surface area contributed by atoms with Crippen molar-refractivity contribution in [1.29, 1.82) is 0 Å². The molecule has 1 fully saturated rings. The Kier molecular flexibility index (Phi) is 3.41. The third-order valence-electron chi connectivity index (χ3n) is 3.46. The predicted molar refractivity (Wildman–Crippen MR) is 61.6 cm³/mol. The Balaban J connectivity index is 2.01. The van der Waals surface area contributed by atoms with E-state index in [1.54, 1.807) is 0 Å². The van der Waals surface area contributed by atoms with Gasteiger partial charge in [-0.25, -0.2) is 4.98 Å². The Morgan fingerprint density at radius 1 is 1.60 bits per heavy atom. The highest BCUT2D eigenvalue weighted by atomic mass is 15.1. The van der Waals surface area contributed by atoms with Gasteiger partial charge in [0.05, 0.1) is 12.0 Å². The number of aryl methyl sites for hydroxylation is 1. The van der Waals surface area contributed by atoms with Crippen LogP contribution in [0.5, 0.6) is 0 Å². The van der Waals surface area contributed by atoms with Crippen molar-refractivity contribution in [1.82, 2.24) is 14.9 Å². The number of hydrogen-bond donors (Lipinski definition) is 1. The first-order chi connectivity index (χ1) is 7.31. The molecule has 0 aliphatic heterocycles. The maximum atomic E-state index is 4.20. The zero-order valence-corrected chi connectivity index (χ0v) is 9.74. The average Bonchev–Trinajstić information content (AvgIpc) is 2.56. The zero-order chi connectivity index (χ0) is 10.7. The normalized spacial score (nSPS) is 18.8. The lowest BCUT2D eigenvalue weighted by Crippen LogP contribution is -2.27. The van der Waals surface area contributed by atoms with Crippen molar-refractivity contribution in [2.75, 3.05) is 6.54 Å². The molecule has 0 amide bonds. The predicted octanol–water partition coefficient (Wildman–Crippen LogP) is 2.26. The highest BCUT2D eigenvalue weighted by Gasteiger charge is 2.23. The van der Waals surface area contributed by atoms with Crippen LogP contribution >= 0.6 is 0 Å². The highest BCUT2D eigenvalue weighted by molar-refractivity contribution is 5.05. The zero-order valence-electron chi connectivity index (χ0n) is 9.74. The molecule has 2 rings (SSSR count). The molecule has 1 aromatic rings. The number of hydrogen-bond acceptors (Lipinski definition) is 2. The van der Waals surface area contributed by atoms with E-state index in [1.165, 1.54) is 31.4 Å². The second-order valence-corrected chi connectivity index (χ2v) is 4.57. The first-order valence-corrected chi connectivity index (χ1v) is 6.01. The van der Waals surface area contributed by atoms with Gasteiger partial charge in [0.1, 0.15) is 0 Å². The summed E-state index contributed by atoms with van der Waals surface area (Å²) in [4.78, 5) is 4.20. The first kappa shape index (κ1) is 10.7. The van der Waals surface area contributed by atoms with Gasteiger partial charge in [-0.1, -0.05) is 26.2 Å². The maximum absolute atomic E-state index is 4.20. The fourth-order valence-electron chi connectivity index (χ4n) is 2.32. The summed E-state index contributed by atoms with van der Waals surface area (Å²) in [5, 5.41) is 3.56. The van der Waals surface area contributed by atoms with Gasteiger partial charge in [-0.2, -0.15) is 0 Å². The molecule has 1 atom stereocenters. The van der Waals surface area contributed by atoms with Crippen LogP contribution < -0.4 is 5.32 Å². The summed E-state index contributed by atoms with van der Waals surface area (Å²) < 4.78 is 2.13. The minimum absolute atomic E-state index is 0.493. The monoisotopic (exact) mass is 207 g/mol. The molecular formula is C12H21N3. The van der Waals surface area contributed by atoms with Gasteiger partial charge in [0.15, 0.2) is 0 Å². The Bertz CT molecular complexity index is 302. The quantitative estimate of drug-likeness (QED) is 0.802. The molecule has 0 aromatic carbocycles. The largest absolute Gasteiger partial charge is 0.336 e. The molecular weight excluding hydrogens is 186 g/mol. The molecule has 1 saturated carbocycles. The standard InChI is InChI=1S/C12H21N3/c1-3-14-11(7-10-5-4-6-10)12-8-13-9-15(12)2/h8-11,14H,3-7H2,1-2H3. The van der Waals surface area contributed by atoms with Crippen LogP contribution in [0.2, 0.25) is 0 Å². The highest BCUT2D eigenvalue weighted by Crippen LogP contribution is 2.34. The summed E-state index contributed by atoms with van der Waals surface area (Å²) in [5.74, 6) is 0.934. The van der Waals surface area contributed by atoms with Crippen molar-refractivity contribution in [2.45, 2.75) is 38.6 Å². The third-order valence-corrected chi connectivity index (χ3v) is 3.46. The van der Waals surface area contributed by atoms with Crippen LogP contribution in [0.25, 0.3) is 0 Å². The molecule has 1 aliphatic carbocycles. The van der Waals surface area contributed by atoms with E-state index < -0.39 is 0 Å². The third kappa shape index (κ3) is 2.40. The van der Waals surface area contributed by atoms with Gasteiger partial charge >= 0.3 is 0 Å². The minimum Gasteiger partial charge on any atom is -0.336 e. The van der Waals surface area contributed by atoms with Crippen LogP contribution in [0.1, 0.15) is 44.3 Å². The van der Waals surface area contributed by atoms with E-state index in [9.17, 15) is 0 Å². The molecule has 1 aliphatic rings. The molecule has 1 heterocycles. The van der Waals surface area contributed by atoms with Crippen LogP contribution in [-0.4, -0.2) is 16.1 Å². The van der Waals surface area contributed by atoms with E-state index in [0.717, 1.165) is 12.5 Å². The second kappa shape index (κ2) is 4.79. The molecule has 0 radical (unpaired) electrons. The molecule has 3 nitrogen and oxygen atoms in total. The molecule has 0 saturated heterocycles. The molecule has 0 bridgehead atoms. The van der Waals surface area contributed by atoms with Crippen LogP contribution in [0.4, 0.5) is 0 Å². The number of imidazole rings is 1. The number of aromatic nitrogens is 2. The van der Waals surface area contributed by atoms with Gasteiger partial charge in [0, 0.05) is 19.3 Å². The lowest BCUT2D eigenvalue weighted by Gasteiger charge is -2.30. The van der Waals surface area contributed by atoms with Crippen LogP contribution in [-0.2, 0) is 7.05 Å². The van der Waals surface area contributed by atoms with Crippen molar-refractivity contribution in [2.24, 2.45) is 13.0 Å². The number of nitrogens with one attached hydrogen (secondary N) is 1.